The molecular formula is C32H38F6N4O5. The molecule has 1 N–H and O–H groups in total. The summed E-state index contributed by atoms with van der Waals surface area (Å²) in [4.78, 5) is 30.2. The number of Topliss-reactive ketones (excluding diaryl/α,β-unsaturated/α-hetero) is 1. The second kappa shape index (κ2) is 14.0. The van der Waals surface area contributed by atoms with E-state index >= 15 is 13.2 Å². The predicted molar refractivity (Wildman–Crippen MR) is 160 cm³/mol. The third-order valence-electron chi connectivity index (χ3n) is 7.12. The summed E-state index contributed by atoms with van der Waals surface area (Å²) >= 11 is 0. The van der Waals surface area contributed by atoms with Gasteiger partial charge in [0.15, 0.2) is 11.5 Å². The number of ether oxygens (including phenoxy) is 2. The van der Waals surface area contributed by atoms with Crippen molar-refractivity contribution >= 4 is 17.6 Å². The van der Waals surface area contributed by atoms with Crippen molar-refractivity contribution in [1.82, 2.24) is 15.2 Å². The van der Waals surface area contributed by atoms with Gasteiger partial charge in [-0.3, -0.25) is 10.1 Å². The van der Waals surface area contributed by atoms with Gasteiger partial charge >= 0.3 is 18.4 Å². The molecule has 2 aromatic rings. The van der Waals surface area contributed by atoms with Crippen LogP contribution in [-0.4, -0.2) is 45.4 Å². The van der Waals surface area contributed by atoms with Gasteiger partial charge in [0, 0.05) is 5.41 Å². The number of carbonyl (C=O) groups is 2. The molecule has 1 aliphatic rings. The number of pyridine rings is 1. The van der Waals surface area contributed by atoms with Gasteiger partial charge in [0.25, 0.3) is 11.8 Å². The quantitative estimate of drug-likeness (QED) is 0.176. The molecule has 9 nitrogen and oxygen atoms in total. The number of rotatable bonds is 7. The van der Waals surface area contributed by atoms with E-state index in [0.29, 0.717) is 18.1 Å². The van der Waals surface area contributed by atoms with Crippen molar-refractivity contribution in [2.75, 3.05) is 11.9 Å². The van der Waals surface area contributed by atoms with Gasteiger partial charge in [-0.25, -0.2) is 9.78 Å². The van der Waals surface area contributed by atoms with Crippen LogP contribution in [0.3, 0.4) is 0 Å². The summed E-state index contributed by atoms with van der Waals surface area (Å²) in [5.74, 6) is -2.87. The van der Waals surface area contributed by atoms with Crippen LogP contribution >= 0.6 is 0 Å². The molecule has 2 aromatic heterocycles. The summed E-state index contributed by atoms with van der Waals surface area (Å²) in [6.45, 7) is 12.3. The molecule has 258 valence electrons. The van der Waals surface area contributed by atoms with E-state index in [1.165, 1.54) is 52.8 Å². The normalized spacial score (nSPS) is 19.9. The van der Waals surface area contributed by atoms with Crippen LogP contribution in [0.1, 0.15) is 95.6 Å². The van der Waals surface area contributed by atoms with Crippen molar-refractivity contribution in [2.45, 2.75) is 97.2 Å². The number of hydrogen-bond donors (Lipinski definition) is 1. The number of anilines is 1. The standard InChI is InChI=1S/C32H38F6N4O5/c1-8-10-14-19(9-2)18-45-30(32(36,37)38)16-13-11-12-15-29(6,7)24(43)22-20(31(33,34)35)17-21(39-27(44)47-28(3,4)5)23(40-22)25-41-42-26(30)46-25/h9,11-12,14,17H,2,8,10,13,15-16,18H2,1,3-7H3,(H,39,44)/b12-11-,19-14+. The molecule has 3 rings (SSSR count). The van der Waals surface area contributed by atoms with Gasteiger partial charge in [-0.05, 0) is 58.1 Å². The molecule has 15 heteroatoms. The van der Waals surface area contributed by atoms with Crippen molar-refractivity contribution in [2.24, 2.45) is 5.41 Å². The van der Waals surface area contributed by atoms with Crippen molar-refractivity contribution < 1.29 is 49.8 Å². The zero-order valence-corrected chi connectivity index (χ0v) is 27.0. The average molecular weight is 673 g/mol. The number of unbranched alkanes of at least 4 members (excludes halogenated alkanes) is 1. The average Bonchev–Trinajstić information content (AvgIpc) is 3.43. The Morgan fingerprint density at radius 3 is 2.36 bits per heavy atom. The van der Waals surface area contributed by atoms with E-state index in [1.807, 2.05) is 6.92 Å². The Kier molecular flexibility index (Phi) is 11.2. The zero-order valence-electron chi connectivity index (χ0n) is 27.0. The highest BCUT2D eigenvalue weighted by atomic mass is 19.4. The molecule has 1 aliphatic heterocycles. The fourth-order valence-corrected chi connectivity index (χ4v) is 4.58. The van der Waals surface area contributed by atoms with E-state index in [4.69, 9.17) is 13.9 Å². The third-order valence-corrected chi connectivity index (χ3v) is 7.12. The minimum atomic E-state index is -5.13. The molecule has 0 fully saturated rings. The number of nitrogens with one attached hydrogen (secondary N) is 1. The SMILES string of the molecule is C=C/C(=C\CCC)COC1(C(F)(F)F)CC/C=C\CC(C)(C)C(=O)c2nc(c(NC(=O)OC(C)(C)C)cc2C(F)(F)F)-c2nnc1o2. The summed E-state index contributed by atoms with van der Waals surface area (Å²) in [5, 5.41) is 9.44. The van der Waals surface area contributed by atoms with Crippen LogP contribution < -0.4 is 5.32 Å². The Labute approximate surface area is 268 Å². The molecule has 1 unspecified atom stereocenters. The Balaban J connectivity index is 2.35. The number of hydrogen-bond acceptors (Lipinski definition) is 8. The number of fused-ring (bicyclic) bond motifs is 5. The minimum absolute atomic E-state index is 0.128. The Morgan fingerprint density at radius 1 is 1.11 bits per heavy atom. The monoisotopic (exact) mass is 672 g/mol. The summed E-state index contributed by atoms with van der Waals surface area (Å²) < 4.78 is 105. The highest BCUT2D eigenvalue weighted by Crippen LogP contribution is 2.47. The van der Waals surface area contributed by atoms with Gasteiger partial charge in [0.2, 0.25) is 5.60 Å². The second-order valence-electron chi connectivity index (χ2n) is 12.6. The molecule has 4 bridgehead atoms. The van der Waals surface area contributed by atoms with Gasteiger partial charge in [-0.2, -0.15) is 26.3 Å². The molecule has 3 heterocycles. The van der Waals surface area contributed by atoms with E-state index in [2.05, 4.69) is 27.1 Å². The highest BCUT2D eigenvalue weighted by Gasteiger charge is 2.61. The molecular weight excluding hydrogens is 634 g/mol. The maximum absolute atomic E-state index is 15.0. The first kappa shape index (κ1) is 37.4. The van der Waals surface area contributed by atoms with E-state index in [9.17, 15) is 22.8 Å². The van der Waals surface area contributed by atoms with Gasteiger partial charge in [-0.15, -0.1) is 10.2 Å². The molecule has 0 aromatic carbocycles. The third kappa shape index (κ3) is 8.87. The number of nitrogens with zero attached hydrogens (tertiary/aromatic N) is 3. The van der Waals surface area contributed by atoms with E-state index in [-0.39, 0.29) is 12.8 Å². The summed E-state index contributed by atoms with van der Waals surface area (Å²) in [6.07, 6.45) is -5.45. The van der Waals surface area contributed by atoms with E-state index in [0.717, 1.165) is 6.42 Å². The number of ketones is 1. The number of halogens is 6. The fraction of sp³-hybridized carbons (Fsp3) is 0.531. The van der Waals surface area contributed by atoms with Crippen molar-refractivity contribution in [3.05, 3.63) is 59.7 Å². The highest BCUT2D eigenvalue weighted by molar-refractivity contribution is 6.01. The fourth-order valence-electron chi connectivity index (χ4n) is 4.58. The molecule has 1 atom stereocenters. The summed E-state index contributed by atoms with van der Waals surface area (Å²) in [6, 6.07) is 0.434. The first-order valence-electron chi connectivity index (χ1n) is 14.8. The molecule has 0 saturated carbocycles. The smallest absolute Gasteiger partial charge is 0.426 e. The molecule has 0 saturated heterocycles. The lowest BCUT2D eigenvalue weighted by Crippen LogP contribution is -2.45. The Morgan fingerprint density at radius 2 is 1.79 bits per heavy atom. The first-order chi connectivity index (χ1) is 21.6. The maximum Gasteiger partial charge on any atom is 0.426 e. The molecule has 0 aliphatic carbocycles. The Hall–Kier alpha value is -4.01. The van der Waals surface area contributed by atoms with Crippen LogP contribution in [0.4, 0.5) is 36.8 Å². The Bertz CT molecular complexity index is 1540. The molecule has 1 amide bonds. The lowest BCUT2D eigenvalue weighted by atomic mass is 9.81. The van der Waals surface area contributed by atoms with Crippen LogP contribution in [0.5, 0.6) is 0 Å². The lowest BCUT2D eigenvalue weighted by molar-refractivity contribution is -0.292. The van der Waals surface area contributed by atoms with Gasteiger partial charge in [-0.1, -0.05) is 58.1 Å². The van der Waals surface area contributed by atoms with Crippen molar-refractivity contribution in [1.29, 1.82) is 0 Å². The van der Waals surface area contributed by atoms with Crippen molar-refractivity contribution in [3.8, 4) is 11.6 Å². The second-order valence-corrected chi connectivity index (χ2v) is 12.6. The minimum Gasteiger partial charge on any atom is -0.444 e. The van der Waals surface area contributed by atoms with Crippen LogP contribution in [0.2, 0.25) is 0 Å². The van der Waals surface area contributed by atoms with Crippen LogP contribution in [0.25, 0.3) is 11.6 Å². The van der Waals surface area contributed by atoms with E-state index < -0.39 is 88.3 Å². The number of allylic oxidation sites excluding steroid dienone is 3. The van der Waals surface area contributed by atoms with Gasteiger partial charge in [0.05, 0.1) is 17.9 Å². The molecule has 47 heavy (non-hydrogen) atoms. The predicted octanol–water partition coefficient (Wildman–Crippen LogP) is 9.13. The van der Waals surface area contributed by atoms with E-state index in [1.54, 1.807) is 6.08 Å². The summed E-state index contributed by atoms with van der Waals surface area (Å²) in [7, 11) is 0. The van der Waals surface area contributed by atoms with Crippen LogP contribution in [-0.2, 0) is 21.3 Å². The number of aromatic nitrogens is 3. The largest absolute Gasteiger partial charge is 0.444 e. The van der Waals surface area contributed by atoms with Gasteiger partial charge in [0.1, 0.15) is 11.3 Å². The number of alkyl halides is 6. The first-order valence-corrected chi connectivity index (χ1v) is 14.8. The molecule has 0 radical (unpaired) electrons. The van der Waals surface area contributed by atoms with Crippen molar-refractivity contribution in [3.63, 3.8) is 0 Å². The number of amides is 1. The number of carbonyl (C=O) groups excluding carboxylic acids is 2. The maximum atomic E-state index is 15.0. The topological polar surface area (TPSA) is 116 Å². The van der Waals surface area contributed by atoms with Crippen LogP contribution in [0, 0.1) is 5.41 Å². The molecule has 0 spiro atoms. The van der Waals surface area contributed by atoms with Gasteiger partial charge < -0.3 is 13.9 Å². The lowest BCUT2D eigenvalue weighted by Gasteiger charge is -2.32. The zero-order chi connectivity index (χ0) is 35.4. The van der Waals surface area contributed by atoms with Crippen LogP contribution in [0.15, 0.2) is 46.9 Å². The summed E-state index contributed by atoms with van der Waals surface area (Å²) in [5.41, 5.74) is -9.27.